The normalized spacial score (nSPS) is 16.7. The Morgan fingerprint density at radius 1 is 0.630 bits per heavy atom. The van der Waals surface area contributed by atoms with Crippen molar-refractivity contribution in [1.29, 1.82) is 0 Å². The summed E-state index contributed by atoms with van der Waals surface area (Å²) in [6.07, 6.45) is 40.8. The van der Waals surface area contributed by atoms with Crippen molar-refractivity contribution < 1.29 is 21.7 Å². The second-order valence-electron chi connectivity index (χ2n) is 15.1. The van der Waals surface area contributed by atoms with E-state index in [1.807, 2.05) is 0 Å². The fraction of sp³-hybridized carbons (Fsp3) is 0.951. The van der Waals surface area contributed by atoms with Crippen molar-refractivity contribution >= 4 is 11.7 Å². The van der Waals surface area contributed by atoms with Crippen LogP contribution in [-0.4, -0.2) is 49.5 Å². The maximum Gasteiger partial charge on any atom is 0.220 e. The van der Waals surface area contributed by atoms with E-state index in [0.717, 1.165) is 37.1 Å². The first-order valence-corrected chi connectivity index (χ1v) is 20.7. The minimum Gasteiger partial charge on any atom is -1.00 e. The van der Waals surface area contributed by atoms with Crippen LogP contribution in [0.25, 0.3) is 0 Å². The zero-order valence-electron chi connectivity index (χ0n) is 31.8. The van der Waals surface area contributed by atoms with Crippen LogP contribution in [-0.2, 0) is 4.79 Å². The molecular weight excluding hydrogens is 586 g/mol. The van der Waals surface area contributed by atoms with Crippen molar-refractivity contribution in [2.24, 2.45) is 10.9 Å². The summed E-state index contributed by atoms with van der Waals surface area (Å²) < 4.78 is 0.929. The number of hydrogen-bond acceptors (Lipinski definition) is 2. The lowest BCUT2D eigenvalue weighted by Gasteiger charge is -2.32. The number of nitrogens with zero attached hydrogens (tertiary/aromatic N) is 2. The molecule has 2 atom stereocenters. The van der Waals surface area contributed by atoms with Crippen LogP contribution in [0.15, 0.2) is 4.99 Å². The fourth-order valence-corrected chi connectivity index (χ4v) is 7.37. The smallest absolute Gasteiger partial charge is 0.220 e. The van der Waals surface area contributed by atoms with Crippen LogP contribution in [0.1, 0.15) is 213 Å². The van der Waals surface area contributed by atoms with Gasteiger partial charge in [-0.25, -0.2) is 4.99 Å². The van der Waals surface area contributed by atoms with Gasteiger partial charge in [-0.2, -0.15) is 0 Å². The van der Waals surface area contributed by atoms with Crippen LogP contribution >= 0.6 is 0 Å². The topological polar surface area (TPSA) is 41.5 Å². The summed E-state index contributed by atoms with van der Waals surface area (Å²) >= 11 is 0. The number of quaternary nitrogens is 1. The van der Waals surface area contributed by atoms with Crippen LogP contribution < -0.4 is 17.7 Å². The van der Waals surface area contributed by atoms with Crippen LogP contribution in [0.4, 0.5) is 0 Å². The zero-order chi connectivity index (χ0) is 32.7. The molecule has 0 bridgehead atoms. The molecule has 1 rings (SSSR count). The van der Waals surface area contributed by atoms with Crippen molar-refractivity contribution in [1.82, 2.24) is 5.32 Å². The Labute approximate surface area is 295 Å². The molecule has 4 nitrogen and oxygen atoms in total. The number of halogens is 1. The number of hydrogen-bond donors (Lipinski definition) is 1. The number of nitrogens with one attached hydrogen (secondary N) is 1. The van der Waals surface area contributed by atoms with Gasteiger partial charge in [0.05, 0.1) is 20.1 Å². The molecule has 0 saturated carbocycles. The predicted molar refractivity (Wildman–Crippen MR) is 200 cm³/mol. The Kier molecular flexibility index (Phi) is 32.5. The number of aliphatic imine (C=N–C) groups is 1. The van der Waals surface area contributed by atoms with E-state index in [0.29, 0.717) is 12.3 Å². The lowest BCUT2D eigenvalue weighted by molar-refractivity contribution is -0.815. The summed E-state index contributed by atoms with van der Waals surface area (Å²) in [6, 6.07) is 0. The predicted octanol–water partition coefficient (Wildman–Crippen LogP) is 9.34. The number of unbranched alkanes of at least 4 members (excludes halogenated alkanes) is 26. The summed E-state index contributed by atoms with van der Waals surface area (Å²) in [5.41, 5.74) is 0. The van der Waals surface area contributed by atoms with Gasteiger partial charge in [0.2, 0.25) is 11.7 Å². The lowest BCUT2D eigenvalue weighted by Crippen LogP contribution is -3.00. The van der Waals surface area contributed by atoms with Crippen LogP contribution in [0.5, 0.6) is 0 Å². The third-order valence-corrected chi connectivity index (χ3v) is 10.5. The van der Waals surface area contributed by atoms with E-state index in [2.05, 4.69) is 33.1 Å². The molecule has 0 aromatic carbocycles. The number of amides is 1. The van der Waals surface area contributed by atoms with E-state index < -0.39 is 0 Å². The molecule has 2 unspecified atom stereocenters. The third-order valence-electron chi connectivity index (χ3n) is 10.5. The highest BCUT2D eigenvalue weighted by molar-refractivity contribution is 5.79. The van der Waals surface area contributed by atoms with Crippen molar-refractivity contribution in [2.75, 3.05) is 33.2 Å². The fourth-order valence-electron chi connectivity index (χ4n) is 7.37. The van der Waals surface area contributed by atoms with Gasteiger partial charge < -0.3 is 17.7 Å². The van der Waals surface area contributed by atoms with Gasteiger partial charge in [-0.05, 0) is 12.8 Å². The first kappa shape index (κ1) is 45.4. The highest BCUT2D eigenvalue weighted by Gasteiger charge is 2.36. The van der Waals surface area contributed by atoms with Crippen LogP contribution in [0, 0.1) is 5.92 Å². The molecule has 0 aromatic rings. The average molecular weight is 669 g/mol. The molecule has 1 aliphatic rings. The highest BCUT2D eigenvalue weighted by atomic mass is 35.5. The first-order valence-electron chi connectivity index (χ1n) is 20.7. The Morgan fingerprint density at radius 2 is 1.00 bits per heavy atom. The van der Waals surface area contributed by atoms with Crippen LogP contribution in [0.2, 0.25) is 0 Å². The van der Waals surface area contributed by atoms with Gasteiger partial charge in [0.15, 0.2) is 0 Å². The quantitative estimate of drug-likeness (QED) is 0.0539. The van der Waals surface area contributed by atoms with Gasteiger partial charge in [0, 0.05) is 12.3 Å². The summed E-state index contributed by atoms with van der Waals surface area (Å²) in [6.45, 7) is 10.8. The number of carbonyl (C=O) groups excluding carboxylic acids is 1. The Morgan fingerprint density at radius 3 is 1.41 bits per heavy atom. The molecule has 0 aliphatic carbocycles. The molecule has 274 valence electrons. The van der Waals surface area contributed by atoms with Crippen molar-refractivity contribution in [3.05, 3.63) is 0 Å². The number of amidine groups is 1. The maximum atomic E-state index is 12.5. The Hall–Kier alpha value is -0.610. The lowest BCUT2D eigenvalue weighted by atomic mass is 9.99. The largest absolute Gasteiger partial charge is 1.00 e. The molecule has 5 heteroatoms. The van der Waals surface area contributed by atoms with Gasteiger partial charge in [-0.3, -0.25) is 9.28 Å². The first-order chi connectivity index (χ1) is 22.0. The van der Waals surface area contributed by atoms with Crippen LogP contribution in [0.3, 0.4) is 0 Å². The van der Waals surface area contributed by atoms with Gasteiger partial charge >= 0.3 is 0 Å². The maximum absolute atomic E-state index is 12.5. The van der Waals surface area contributed by atoms with E-state index in [4.69, 9.17) is 4.99 Å². The minimum absolute atomic E-state index is 0. The SMILES string of the molecule is CCCCCCCCCCCCCCCCCC(=O)NCC[N+]1(C)CCN=C1C(C)CCCCCCCCCCCCCCC.[Cl-]. The third kappa shape index (κ3) is 25.4. The minimum atomic E-state index is 0. The molecule has 0 saturated heterocycles. The molecule has 1 aliphatic heterocycles. The molecule has 46 heavy (non-hydrogen) atoms. The number of likely N-dealkylation sites (N-methyl/N-ethyl adjacent to an activating group) is 1. The molecule has 1 amide bonds. The average Bonchev–Trinajstić information content (AvgIpc) is 3.42. The molecule has 0 radical (unpaired) electrons. The highest BCUT2D eigenvalue weighted by Crippen LogP contribution is 2.23. The van der Waals surface area contributed by atoms with Crippen molar-refractivity contribution in [3.63, 3.8) is 0 Å². The van der Waals surface area contributed by atoms with Crippen molar-refractivity contribution in [2.45, 2.75) is 213 Å². The standard InChI is InChI=1S/C41H81N3O.ClH/c1-5-7-9-11-13-15-17-19-20-22-24-26-28-30-32-34-40(45)42-35-37-44(4)38-36-43-41(44)39(3)33-31-29-27-25-23-21-18-16-14-12-10-8-6-2;/h39H,5-38H2,1-4H3;1H. The molecule has 0 aromatic heterocycles. The van der Waals surface area contributed by atoms with Gasteiger partial charge in [0.1, 0.15) is 13.1 Å². The number of rotatable bonds is 34. The Balaban J connectivity index is 0.0000202. The monoisotopic (exact) mass is 668 g/mol. The van der Waals surface area contributed by atoms with E-state index >= 15 is 0 Å². The van der Waals surface area contributed by atoms with Gasteiger partial charge in [-0.15, -0.1) is 0 Å². The molecular formula is C41H82ClN3O. The van der Waals surface area contributed by atoms with Gasteiger partial charge in [-0.1, -0.05) is 194 Å². The summed E-state index contributed by atoms with van der Waals surface area (Å²) in [7, 11) is 2.34. The zero-order valence-corrected chi connectivity index (χ0v) is 32.6. The summed E-state index contributed by atoms with van der Waals surface area (Å²) in [4.78, 5) is 17.4. The van der Waals surface area contributed by atoms with E-state index in [1.165, 1.54) is 186 Å². The summed E-state index contributed by atoms with van der Waals surface area (Å²) in [5, 5.41) is 3.23. The number of carbonyl (C=O) groups is 1. The molecule has 0 fully saturated rings. The second kappa shape index (κ2) is 32.9. The van der Waals surface area contributed by atoms with Gasteiger partial charge in [0.25, 0.3) is 0 Å². The molecule has 1 heterocycles. The summed E-state index contributed by atoms with van der Waals surface area (Å²) in [5.74, 6) is 2.18. The van der Waals surface area contributed by atoms with E-state index in [1.54, 1.807) is 0 Å². The van der Waals surface area contributed by atoms with E-state index in [-0.39, 0.29) is 18.3 Å². The molecule has 1 N–H and O–H groups in total. The second-order valence-corrected chi connectivity index (χ2v) is 15.1. The van der Waals surface area contributed by atoms with Crippen molar-refractivity contribution in [3.8, 4) is 0 Å². The Bertz CT molecular complexity index is 699. The van der Waals surface area contributed by atoms with E-state index in [9.17, 15) is 4.79 Å². The molecule has 0 spiro atoms.